The third kappa shape index (κ3) is 3.92. The molecular weight excluding hydrogens is 364 g/mol. The lowest BCUT2D eigenvalue weighted by Crippen LogP contribution is -2.22. The Bertz CT molecular complexity index is 1130. The van der Waals surface area contributed by atoms with Gasteiger partial charge in [0.05, 0.1) is 23.1 Å². The number of para-hydroxylation sites is 1. The Kier molecular flexibility index (Phi) is 4.75. The molecule has 4 rings (SSSR count). The van der Waals surface area contributed by atoms with Gasteiger partial charge >= 0.3 is 0 Å². The number of aromatic amines is 1. The summed E-state index contributed by atoms with van der Waals surface area (Å²) >= 11 is 5.91. The fourth-order valence-corrected chi connectivity index (χ4v) is 3.03. The van der Waals surface area contributed by atoms with Crippen LogP contribution in [0, 0.1) is 0 Å². The highest BCUT2D eigenvalue weighted by Gasteiger charge is 2.11. The molecule has 0 saturated heterocycles. The first-order valence-corrected chi connectivity index (χ1v) is 8.83. The van der Waals surface area contributed by atoms with E-state index in [0.29, 0.717) is 40.7 Å². The molecule has 2 heterocycles. The maximum atomic E-state index is 12.2. The van der Waals surface area contributed by atoms with Gasteiger partial charge in [0.2, 0.25) is 5.89 Å². The molecule has 2 aromatic heterocycles. The Labute approximate surface area is 160 Å². The molecule has 0 aliphatic heterocycles. The van der Waals surface area contributed by atoms with Crippen molar-refractivity contribution in [1.29, 1.82) is 0 Å². The van der Waals surface area contributed by atoms with E-state index in [-0.39, 0.29) is 5.56 Å². The molecule has 0 atom stereocenters. The van der Waals surface area contributed by atoms with Crippen molar-refractivity contribution in [1.82, 2.24) is 19.9 Å². The number of rotatable bonds is 5. The van der Waals surface area contributed by atoms with Crippen LogP contribution < -0.4 is 5.56 Å². The van der Waals surface area contributed by atoms with Crippen molar-refractivity contribution >= 4 is 22.5 Å². The molecule has 2 aromatic carbocycles. The molecule has 7 heteroatoms. The summed E-state index contributed by atoms with van der Waals surface area (Å²) in [5, 5.41) is 1.26. The topological polar surface area (TPSA) is 75.0 Å². The van der Waals surface area contributed by atoms with Crippen LogP contribution in [0.5, 0.6) is 0 Å². The zero-order chi connectivity index (χ0) is 18.8. The van der Waals surface area contributed by atoms with Gasteiger partial charge < -0.3 is 9.40 Å². The van der Waals surface area contributed by atoms with Crippen molar-refractivity contribution in [2.24, 2.45) is 0 Å². The summed E-state index contributed by atoms with van der Waals surface area (Å²) in [4.78, 5) is 26.1. The Morgan fingerprint density at radius 2 is 1.85 bits per heavy atom. The lowest BCUT2D eigenvalue weighted by atomic mass is 10.2. The number of hydrogen-bond donors (Lipinski definition) is 1. The summed E-state index contributed by atoms with van der Waals surface area (Å²) in [7, 11) is 1.94. The van der Waals surface area contributed by atoms with E-state index in [4.69, 9.17) is 16.0 Å². The van der Waals surface area contributed by atoms with Gasteiger partial charge in [-0.05, 0) is 43.4 Å². The largest absolute Gasteiger partial charge is 0.444 e. The summed E-state index contributed by atoms with van der Waals surface area (Å²) < 4.78 is 5.56. The van der Waals surface area contributed by atoms with Crippen LogP contribution in [0.3, 0.4) is 0 Å². The number of fused-ring (bicyclic) bond motifs is 1. The van der Waals surface area contributed by atoms with Crippen LogP contribution in [0.1, 0.15) is 11.5 Å². The summed E-state index contributed by atoms with van der Waals surface area (Å²) in [6.07, 6.45) is 1.64. The van der Waals surface area contributed by atoms with Crippen molar-refractivity contribution in [2.45, 2.75) is 13.1 Å². The number of nitrogens with zero attached hydrogens (tertiary/aromatic N) is 3. The average Bonchev–Trinajstić information content (AvgIpc) is 3.10. The Morgan fingerprint density at radius 3 is 2.67 bits per heavy atom. The minimum atomic E-state index is -0.129. The van der Waals surface area contributed by atoms with E-state index in [9.17, 15) is 4.79 Å². The van der Waals surface area contributed by atoms with Gasteiger partial charge in [0.15, 0.2) is 0 Å². The fourth-order valence-electron chi connectivity index (χ4n) is 2.90. The molecule has 0 spiro atoms. The molecule has 0 aliphatic rings. The number of halogens is 1. The minimum Gasteiger partial charge on any atom is -0.444 e. The lowest BCUT2D eigenvalue weighted by molar-refractivity contribution is 0.306. The predicted molar refractivity (Wildman–Crippen MR) is 104 cm³/mol. The molecule has 0 amide bonds. The van der Waals surface area contributed by atoms with Gasteiger partial charge in [0.25, 0.3) is 5.56 Å². The summed E-state index contributed by atoms with van der Waals surface area (Å²) in [5.74, 6) is 1.16. The van der Waals surface area contributed by atoms with Crippen molar-refractivity contribution < 1.29 is 4.42 Å². The number of nitrogens with one attached hydrogen (secondary N) is 1. The number of aromatic nitrogens is 3. The van der Waals surface area contributed by atoms with Crippen molar-refractivity contribution in [2.75, 3.05) is 7.05 Å². The highest BCUT2D eigenvalue weighted by atomic mass is 35.5. The van der Waals surface area contributed by atoms with Crippen LogP contribution in [0.25, 0.3) is 22.4 Å². The monoisotopic (exact) mass is 380 g/mol. The van der Waals surface area contributed by atoms with E-state index in [1.807, 2.05) is 42.3 Å². The van der Waals surface area contributed by atoms with E-state index in [1.54, 1.807) is 24.5 Å². The van der Waals surface area contributed by atoms with Gasteiger partial charge in [-0.15, -0.1) is 0 Å². The third-order valence-corrected chi connectivity index (χ3v) is 4.41. The maximum Gasteiger partial charge on any atom is 0.258 e. The van der Waals surface area contributed by atoms with Crippen LogP contribution >= 0.6 is 11.6 Å². The second-order valence-corrected chi connectivity index (χ2v) is 6.79. The van der Waals surface area contributed by atoms with E-state index in [0.717, 1.165) is 11.3 Å². The molecule has 6 nitrogen and oxygen atoms in total. The minimum absolute atomic E-state index is 0.129. The molecule has 0 aliphatic carbocycles. The number of benzene rings is 2. The number of hydrogen-bond acceptors (Lipinski definition) is 5. The van der Waals surface area contributed by atoms with Crippen LogP contribution in [0.2, 0.25) is 5.02 Å². The second kappa shape index (κ2) is 7.34. The quantitative estimate of drug-likeness (QED) is 0.569. The molecule has 27 heavy (non-hydrogen) atoms. The molecule has 0 radical (unpaired) electrons. The Hall–Kier alpha value is -2.96. The van der Waals surface area contributed by atoms with Gasteiger partial charge in [-0.25, -0.2) is 9.97 Å². The van der Waals surface area contributed by atoms with Crippen LogP contribution in [-0.2, 0) is 13.1 Å². The van der Waals surface area contributed by atoms with E-state index < -0.39 is 0 Å². The third-order valence-electron chi connectivity index (χ3n) is 4.16. The normalized spacial score (nSPS) is 11.4. The van der Waals surface area contributed by atoms with Gasteiger partial charge in [-0.2, -0.15) is 0 Å². The highest BCUT2D eigenvalue weighted by molar-refractivity contribution is 6.30. The molecule has 4 aromatic rings. The van der Waals surface area contributed by atoms with E-state index >= 15 is 0 Å². The molecule has 1 N–H and O–H groups in total. The summed E-state index contributed by atoms with van der Waals surface area (Å²) in [6, 6.07) is 14.6. The van der Waals surface area contributed by atoms with Gasteiger partial charge in [0.1, 0.15) is 12.1 Å². The molecular formula is C20H17ClN4O2. The van der Waals surface area contributed by atoms with Crippen LogP contribution in [-0.4, -0.2) is 26.9 Å². The van der Waals surface area contributed by atoms with Gasteiger partial charge in [0, 0.05) is 17.1 Å². The lowest BCUT2D eigenvalue weighted by Gasteiger charge is -2.14. The Morgan fingerprint density at radius 1 is 1.07 bits per heavy atom. The molecule has 136 valence electrons. The molecule has 0 bridgehead atoms. The maximum absolute atomic E-state index is 12.2. The first kappa shape index (κ1) is 17.5. The fraction of sp³-hybridized carbons (Fsp3) is 0.150. The van der Waals surface area contributed by atoms with Crippen LogP contribution in [0.15, 0.2) is 64.0 Å². The van der Waals surface area contributed by atoms with Crippen molar-refractivity contribution in [3.63, 3.8) is 0 Å². The molecule has 0 unspecified atom stereocenters. The average molecular weight is 381 g/mol. The zero-order valence-electron chi connectivity index (χ0n) is 14.6. The molecule has 0 fully saturated rings. The SMILES string of the molecule is CN(Cc1coc(-c2ccc(Cl)cc2)n1)Cc1nc2ccccc2c(=O)[nH]1. The number of oxazole rings is 1. The predicted octanol–water partition coefficient (Wildman–Crippen LogP) is 3.86. The first-order valence-electron chi connectivity index (χ1n) is 8.45. The Balaban J connectivity index is 1.48. The zero-order valence-corrected chi connectivity index (χ0v) is 15.4. The second-order valence-electron chi connectivity index (χ2n) is 6.35. The van der Waals surface area contributed by atoms with Crippen molar-refractivity contribution in [3.8, 4) is 11.5 Å². The number of H-pyrrole nitrogens is 1. The van der Waals surface area contributed by atoms with E-state index in [2.05, 4.69) is 15.0 Å². The van der Waals surface area contributed by atoms with E-state index in [1.165, 1.54) is 0 Å². The first-order chi connectivity index (χ1) is 13.1. The van der Waals surface area contributed by atoms with Crippen LogP contribution in [0.4, 0.5) is 0 Å². The standard InChI is InChI=1S/C20H17ClN4O2/c1-25(11-18-23-17-5-3-2-4-16(17)19(26)24-18)10-15-12-27-20(22-15)13-6-8-14(21)9-7-13/h2-9,12H,10-11H2,1H3,(H,23,24,26). The molecule has 0 saturated carbocycles. The summed E-state index contributed by atoms with van der Waals surface area (Å²) in [6.45, 7) is 1.05. The van der Waals surface area contributed by atoms with Gasteiger partial charge in [-0.3, -0.25) is 9.69 Å². The van der Waals surface area contributed by atoms with Gasteiger partial charge in [-0.1, -0.05) is 23.7 Å². The highest BCUT2D eigenvalue weighted by Crippen LogP contribution is 2.21. The smallest absolute Gasteiger partial charge is 0.258 e. The summed E-state index contributed by atoms with van der Waals surface area (Å²) in [5.41, 5.74) is 2.23. The van der Waals surface area contributed by atoms with Crippen molar-refractivity contribution in [3.05, 3.63) is 81.7 Å².